The molecule has 2 unspecified atom stereocenters. The van der Waals surface area contributed by atoms with Crippen LogP contribution < -0.4 is 5.32 Å². The third-order valence-electron chi connectivity index (χ3n) is 6.51. The fraction of sp³-hybridized carbons (Fsp3) is 0.941. The van der Waals surface area contributed by atoms with Crippen molar-refractivity contribution < 1.29 is 9.90 Å². The molecule has 1 saturated heterocycles. The van der Waals surface area contributed by atoms with Gasteiger partial charge < -0.3 is 15.3 Å². The van der Waals surface area contributed by atoms with E-state index in [0.717, 1.165) is 51.6 Å². The van der Waals surface area contributed by atoms with Gasteiger partial charge in [-0.15, -0.1) is 0 Å². The molecule has 0 aromatic heterocycles. The van der Waals surface area contributed by atoms with E-state index < -0.39 is 5.60 Å². The van der Waals surface area contributed by atoms with Crippen molar-refractivity contribution in [3.63, 3.8) is 0 Å². The van der Waals surface area contributed by atoms with Gasteiger partial charge in [0, 0.05) is 18.6 Å². The fourth-order valence-corrected chi connectivity index (χ4v) is 5.75. The minimum absolute atomic E-state index is 0.129. The molecule has 0 radical (unpaired) electrons. The van der Waals surface area contributed by atoms with Crippen LogP contribution in [0.15, 0.2) is 0 Å². The number of amides is 1. The van der Waals surface area contributed by atoms with Gasteiger partial charge in [0.2, 0.25) is 5.91 Å². The summed E-state index contributed by atoms with van der Waals surface area (Å²) in [5.74, 6) is 1.61. The minimum atomic E-state index is -0.396. The lowest BCUT2D eigenvalue weighted by Gasteiger charge is -2.47. The Bertz CT molecular complexity index is 417. The molecule has 21 heavy (non-hydrogen) atoms. The highest BCUT2D eigenvalue weighted by Crippen LogP contribution is 2.54. The first-order chi connectivity index (χ1) is 10.1. The molecule has 2 N–H and O–H groups in total. The third-order valence-corrected chi connectivity index (χ3v) is 6.51. The number of nitrogens with one attached hydrogen (secondary N) is 1. The van der Waals surface area contributed by atoms with Gasteiger partial charge in [-0.1, -0.05) is 0 Å². The molecule has 0 spiro atoms. The molecular formula is C17H28N2O2. The van der Waals surface area contributed by atoms with Crippen LogP contribution >= 0.6 is 0 Å². The van der Waals surface area contributed by atoms with Crippen molar-refractivity contribution in [2.75, 3.05) is 19.6 Å². The smallest absolute Gasteiger partial charge is 0.236 e. The average Bonchev–Trinajstić information content (AvgIpc) is 2.90. The summed E-state index contributed by atoms with van der Waals surface area (Å²) in [5.41, 5.74) is -0.267. The fourth-order valence-electron chi connectivity index (χ4n) is 5.75. The van der Waals surface area contributed by atoms with E-state index in [9.17, 15) is 9.90 Å². The van der Waals surface area contributed by atoms with Crippen molar-refractivity contribution in [2.24, 2.45) is 11.8 Å². The normalized spacial score (nSPS) is 45.1. The van der Waals surface area contributed by atoms with Gasteiger partial charge in [0.05, 0.1) is 12.1 Å². The molecule has 1 amide bonds. The Labute approximate surface area is 127 Å². The second kappa shape index (κ2) is 4.95. The topological polar surface area (TPSA) is 52.6 Å². The van der Waals surface area contributed by atoms with E-state index in [4.69, 9.17) is 0 Å². The van der Waals surface area contributed by atoms with E-state index in [-0.39, 0.29) is 11.4 Å². The second-order valence-electron chi connectivity index (χ2n) is 8.23. The molecule has 1 heterocycles. The maximum atomic E-state index is 12.3. The monoisotopic (exact) mass is 292 g/mol. The Morgan fingerprint density at radius 1 is 1.10 bits per heavy atom. The van der Waals surface area contributed by atoms with E-state index in [0.29, 0.717) is 18.4 Å². The zero-order chi connectivity index (χ0) is 14.5. The molecule has 5 fully saturated rings. The maximum Gasteiger partial charge on any atom is 0.236 e. The van der Waals surface area contributed by atoms with Crippen LogP contribution in [0.5, 0.6) is 0 Å². The lowest BCUT2D eigenvalue weighted by molar-refractivity contribution is -0.129. The lowest BCUT2D eigenvalue weighted by Crippen LogP contribution is -2.53. The Kier molecular flexibility index (Phi) is 3.30. The standard InChI is InChI=1S/C17H28N2O2/c20-15(19-5-1-2-6-19)12-18-16-3-4-17(21)10-13(8-16)7-14(9-16)11-17/h13-14,18,21H,1-12H2. The van der Waals surface area contributed by atoms with Crippen molar-refractivity contribution in [1.29, 1.82) is 0 Å². The summed E-state index contributed by atoms with van der Waals surface area (Å²) in [6, 6.07) is 0. The highest BCUT2D eigenvalue weighted by Gasteiger charge is 2.52. The number of fused-ring (bicyclic) bond motifs is 1. The average molecular weight is 292 g/mol. The summed E-state index contributed by atoms with van der Waals surface area (Å²) in [6.45, 7) is 2.38. The lowest BCUT2D eigenvalue weighted by atomic mass is 9.64. The molecular weight excluding hydrogens is 264 g/mol. The molecule has 4 aliphatic carbocycles. The Morgan fingerprint density at radius 2 is 1.76 bits per heavy atom. The van der Waals surface area contributed by atoms with Crippen molar-refractivity contribution in [1.82, 2.24) is 10.2 Å². The first-order valence-electron chi connectivity index (χ1n) is 8.81. The van der Waals surface area contributed by atoms with Crippen LogP contribution in [0.4, 0.5) is 0 Å². The molecule has 1 aliphatic heterocycles. The zero-order valence-corrected chi connectivity index (χ0v) is 12.9. The summed E-state index contributed by atoms with van der Waals surface area (Å²) in [6.07, 6.45) is 9.90. The van der Waals surface area contributed by atoms with Gasteiger partial charge in [-0.05, 0) is 69.6 Å². The van der Waals surface area contributed by atoms with Gasteiger partial charge in [-0.3, -0.25) is 4.79 Å². The Morgan fingerprint density at radius 3 is 2.43 bits per heavy atom. The Balaban J connectivity index is 1.43. The summed E-state index contributed by atoms with van der Waals surface area (Å²) < 4.78 is 0. The van der Waals surface area contributed by atoms with Crippen LogP contribution in [0.2, 0.25) is 0 Å². The van der Waals surface area contributed by atoms with Crippen molar-refractivity contribution >= 4 is 5.91 Å². The molecule has 118 valence electrons. The minimum Gasteiger partial charge on any atom is -0.390 e. The Hall–Kier alpha value is -0.610. The summed E-state index contributed by atoms with van der Waals surface area (Å²) >= 11 is 0. The molecule has 5 aliphatic rings. The van der Waals surface area contributed by atoms with Gasteiger partial charge >= 0.3 is 0 Å². The highest BCUT2D eigenvalue weighted by atomic mass is 16.3. The van der Waals surface area contributed by atoms with Crippen LogP contribution in [-0.4, -0.2) is 46.7 Å². The van der Waals surface area contributed by atoms with Gasteiger partial charge in [-0.2, -0.15) is 0 Å². The van der Waals surface area contributed by atoms with Crippen molar-refractivity contribution in [3.8, 4) is 0 Å². The number of hydrogen-bond acceptors (Lipinski definition) is 3. The summed E-state index contributed by atoms with van der Waals surface area (Å²) in [5, 5.41) is 14.4. The summed E-state index contributed by atoms with van der Waals surface area (Å²) in [4.78, 5) is 14.3. The SMILES string of the molecule is O=C(CNC12CCC3(O)CC(CC(C3)C1)C2)N1CCCC1. The number of rotatable bonds is 3. The van der Waals surface area contributed by atoms with Crippen LogP contribution in [0.1, 0.15) is 57.8 Å². The van der Waals surface area contributed by atoms with Gasteiger partial charge in [0.25, 0.3) is 0 Å². The van der Waals surface area contributed by atoms with Crippen LogP contribution in [0.25, 0.3) is 0 Å². The van der Waals surface area contributed by atoms with Crippen molar-refractivity contribution in [3.05, 3.63) is 0 Å². The van der Waals surface area contributed by atoms with E-state index in [1.165, 1.54) is 19.3 Å². The first-order valence-corrected chi connectivity index (χ1v) is 8.81. The molecule has 4 nitrogen and oxygen atoms in total. The largest absolute Gasteiger partial charge is 0.390 e. The second-order valence-corrected chi connectivity index (χ2v) is 8.23. The van der Waals surface area contributed by atoms with Gasteiger partial charge in [0.1, 0.15) is 0 Å². The van der Waals surface area contributed by atoms with E-state index in [1.807, 2.05) is 4.90 Å². The van der Waals surface area contributed by atoms with Gasteiger partial charge in [0.15, 0.2) is 0 Å². The molecule has 0 aromatic carbocycles. The number of hydrogen-bond donors (Lipinski definition) is 2. The number of aliphatic hydroxyl groups is 1. The predicted octanol–water partition coefficient (Wildman–Crippen LogP) is 1.67. The zero-order valence-electron chi connectivity index (χ0n) is 12.9. The van der Waals surface area contributed by atoms with Crippen LogP contribution in [-0.2, 0) is 4.79 Å². The van der Waals surface area contributed by atoms with E-state index in [1.54, 1.807) is 0 Å². The van der Waals surface area contributed by atoms with Gasteiger partial charge in [-0.25, -0.2) is 0 Å². The highest BCUT2D eigenvalue weighted by molar-refractivity contribution is 5.78. The molecule has 4 saturated carbocycles. The molecule has 4 bridgehead atoms. The molecule has 2 atom stereocenters. The van der Waals surface area contributed by atoms with E-state index >= 15 is 0 Å². The number of nitrogens with zero attached hydrogens (tertiary/aromatic N) is 1. The first kappa shape index (κ1) is 14.0. The van der Waals surface area contributed by atoms with Crippen LogP contribution in [0.3, 0.4) is 0 Å². The maximum absolute atomic E-state index is 12.3. The number of carbonyl (C=O) groups excluding carboxylic acids is 1. The van der Waals surface area contributed by atoms with Crippen molar-refractivity contribution in [2.45, 2.75) is 68.9 Å². The predicted molar refractivity (Wildman–Crippen MR) is 80.8 cm³/mol. The third kappa shape index (κ3) is 2.61. The quantitative estimate of drug-likeness (QED) is 0.832. The molecule has 4 heteroatoms. The number of carbonyl (C=O) groups is 1. The number of likely N-dealkylation sites (tertiary alicyclic amines) is 1. The summed E-state index contributed by atoms with van der Waals surface area (Å²) in [7, 11) is 0. The molecule has 5 rings (SSSR count). The van der Waals surface area contributed by atoms with Crippen LogP contribution in [0, 0.1) is 11.8 Å². The van der Waals surface area contributed by atoms with E-state index in [2.05, 4.69) is 5.32 Å². The molecule has 0 aromatic rings.